The van der Waals surface area contributed by atoms with Crippen molar-refractivity contribution in [1.82, 2.24) is 0 Å². The number of aliphatic hydroxyl groups is 1. The van der Waals surface area contributed by atoms with E-state index in [1.807, 2.05) is 0 Å². The molecule has 1 fully saturated rings. The molecule has 1 aromatic carbocycles. The van der Waals surface area contributed by atoms with Crippen LogP contribution < -0.4 is 10.6 Å². The van der Waals surface area contributed by atoms with Gasteiger partial charge in [0.2, 0.25) is 0 Å². The Morgan fingerprint density at radius 2 is 1.94 bits per heavy atom. The van der Waals surface area contributed by atoms with Gasteiger partial charge in [-0.15, -0.1) is 0 Å². The molecule has 0 aromatic heterocycles. The fraction of sp³-hybridized carbons (Fsp3) is 0.538. The molecular formula is C13H18Cl2N2O. The van der Waals surface area contributed by atoms with Crippen LogP contribution in [0.1, 0.15) is 25.7 Å². The lowest BCUT2D eigenvalue weighted by Gasteiger charge is -2.32. The van der Waals surface area contributed by atoms with E-state index >= 15 is 0 Å². The Morgan fingerprint density at radius 1 is 1.22 bits per heavy atom. The highest BCUT2D eigenvalue weighted by Gasteiger charge is 2.22. The summed E-state index contributed by atoms with van der Waals surface area (Å²) < 4.78 is 0. The summed E-state index contributed by atoms with van der Waals surface area (Å²) in [7, 11) is 0. The smallest absolute Gasteiger partial charge is 0.0635 e. The third-order valence-corrected chi connectivity index (χ3v) is 4.19. The second kappa shape index (κ2) is 6.00. The van der Waals surface area contributed by atoms with Crippen molar-refractivity contribution in [1.29, 1.82) is 0 Å². The number of hydrogen-bond acceptors (Lipinski definition) is 3. The van der Waals surface area contributed by atoms with Crippen molar-refractivity contribution in [3.63, 3.8) is 0 Å². The molecule has 3 nitrogen and oxygen atoms in total. The molecule has 5 heteroatoms. The summed E-state index contributed by atoms with van der Waals surface area (Å²) in [6.45, 7) is 1.03. The van der Waals surface area contributed by atoms with Crippen molar-refractivity contribution >= 4 is 34.6 Å². The van der Waals surface area contributed by atoms with Gasteiger partial charge in [0.25, 0.3) is 0 Å². The van der Waals surface area contributed by atoms with Crippen molar-refractivity contribution in [2.24, 2.45) is 0 Å². The number of halogens is 2. The van der Waals surface area contributed by atoms with E-state index in [1.54, 1.807) is 12.1 Å². The predicted octanol–water partition coefficient (Wildman–Crippen LogP) is 3.32. The van der Waals surface area contributed by atoms with Crippen molar-refractivity contribution in [3.05, 3.63) is 22.2 Å². The molecule has 1 aromatic rings. The molecular weight excluding hydrogens is 271 g/mol. The van der Waals surface area contributed by atoms with Gasteiger partial charge in [0.15, 0.2) is 0 Å². The predicted molar refractivity (Wildman–Crippen MR) is 77.6 cm³/mol. The molecule has 18 heavy (non-hydrogen) atoms. The minimum atomic E-state index is 0.118. The lowest BCUT2D eigenvalue weighted by Crippen LogP contribution is -2.38. The van der Waals surface area contributed by atoms with Gasteiger partial charge in [-0.05, 0) is 25.0 Å². The van der Waals surface area contributed by atoms with E-state index in [0.717, 1.165) is 31.5 Å². The van der Waals surface area contributed by atoms with Gasteiger partial charge in [-0.25, -0.2) is 0 Å². The van der Waals surface area contributed by atoms with Crippen LogP contribution in [0.2, 0.25) is 10.0 Å². The van der Waals surface area contributed by atoms with Crippen LogP contribution in [0.4, 0.5) is 11.4 Å². The van der Waals surface area contributed by atoms with Crippen LogP contribution in [-0.4, -0.2) is 24.3 Å². The van der Waals surface area contributed by atoms with Crippen LogP contribution in [0, 0.1) is 0 Å². The van der Waals surface area contributed by atoms with Crippen molar-refractivity contribution in [2.75, 3.05) is 23.8 Å². The molecule has 0 aliphatic carbocycles. The van der Waals surface area contributed by atoms with Gasteiger partial charge >= 0.3 is 0 Å². The second-order valence-electron chi connectivity index (χ2n) is 4.70. The lowest BCUT2D eigenvalue weighted by atomic mass is 10.1. The monoisotopic (exact) mass is 288 g/mol. The normalized spacial score (nSPS) is 20.8. The zero-order valence-electron chi connectivity index (χ0n) is 10.2. The standard InChI is InChI=1S/C13H18Cl2N2O/c14-10-6-12(16)13(7-11(10)15)17-5-3-1-2-4-9(17)8-18/h6-7,9,18H,1-5,8,16H2. The first-order valence-electron chi connectivity index (χ1n) is 6.25. The van der Waals surface area contributed by atoms with E-state index in [1.165, 1.54) is 6.42 Å². The fourth-order valence-corrected chi connectivity index (χ4v) is 2.81. The molecule has 1 atom stereocenters. The first-order valence-corrected chi connectivity index (χ1v) is 7.01. The third kappa shape index (κ3) is 2.85. The molecule has 3 N–H and O–H groups in total. The van der Waals surface area contributed by atoms with Crippen molar-refractivity contribution in [2.45, 2.75) is 31.7 Å². The number of hydrogen-bond donors (Lipinski definition) is 2. The highest BCUT2D eigenvalue weighted by Crippen LogP contribution is 2.35. The van der Waals surface area contributed by atoms with Crippen LogP contribution >= 0.6 is 23.2 Å². The van der Waals surface area contributed by atoms with Crippen LogP contribution in [0.5, 0.6) is 0 Å². The van der Waals surface area contributed by atoms with Gasteiger partial charge in [-0.1, -0.05) is 36.0 Å². The highest BCUT2D eigenvalue weighted by molar-refractivity contribution is 6.42. The summed E-state index contributed by atoms with van der Waals surface area (Å²) in [6, 6.07) is 3.60. The summed E-state index contributed by atoms with van der Waals surface area (Å²) in [5.41, 5.74) is 7.52. The van der Waals surface area contributed by atoms with E-state index in [2.05, 4.69) is 4.90 Å². The Labute approximate surface area is 117 Å². The number of rotatable bonds is 2. The van der Waals surface area contributed by atoms with E-state index in [4.69, 9.17) is 28.9 Å². The van der Waals surface area contributed by atoms with E-state index in [0.29, 0.717) is 15.7 Å². The Morgan fingerprint density at radius 3 is 2.67 bits per heavy atom. The van der Waals surface area contributed by atoms with Crippen molar-refractivity contribution in [3.8, 4) is 0 Å². The van der Waals surface area contributed by atoms with E-state index in [9.17, 15) is 5.11 Å². The Bertz CT molecular complexity index is 426. The summed E-state index contributed by atoms with van der Waals surface area (Å²) in [5.74, 6) is 0. The average Bonchev–Trinajstić information content (AvgIpc) is 2.58. The third-order valence-electron chi connectivity index (χ3n) is 3.47. The molecule has 1 aliphatic rings. The Balaban J connectivity index is 2.35. The molecule has 0 amide bonds. The van der Waals surface area contributed by atoms with Crippen LogP contribution in [0.3, 0.4) is 0 Å². The SMILES string of the molecule is Nc1cc(Cl)c(Cl)cc1N1CCCCCC1CO. The molecule has 1 aliphatic heterocycles. The number of nitrogens with two attached hydrogens (primary N) is 1. The Hall–Kier alpha value is -0.640. The summed E-state index contributed by atoms with van der Waals surface area (Å²) in [5, 5.41) is 10.5. The van der Waals surface area contributed by atoms with Gasteiger partial charge in [0.1, 0.15) is 0 Å². The van der Waals surface area contributed by atoms with E-state index in [-0.39, 0.29) is 12.6 Å². The molecule has 1 saturated heterocycles. The molecule has 1 unspecified atom stereocenters. The molecule has 2 rings (SSSR count). The van der Waals surface area contributed by atoms with Gasteiger partial charge in [0, 0.05) is 6.54 Å². The second-order valence-corrected chi connectivity index (χ2v) is 5.52. The number of anilines is 2. The number of benzene rings is 1. The molecule has 0 saturated carbocycles. The quantitative estimate of drug-likeness (QED) is 0.821. The minimum Gasteiger partial charge on any atom is -0.397 e. The van der Waals surface area contributed by atoms with Crippen LogP contribution in [0.15, 0.2) is 12.1 Å². The zero-order valence-corrected chi connectivity index (χ0v) is 11.7. The first-order chi connectivity index (χ1) is 8.63. The molecule has 0 spiro atoms. The van der Waals surface area contributed by atoms with Gasteiger partial charge in [0.05, 0.1) is 34.1 Å². The topological polar surface area (TPSA) is 49.5 Å². The summed E-state index contributed by atoms with van der Waals surface area (Å²) in [6.07, 6.45) is 4.42. The maximum atomic E-state index is 9.52. The Kier molecular flexibility index (Phi) is 4.60. The average molecular weight is 289 g/mol. The maximum absolute atomic E-state index is 9.52. The van der Waals surface area contributed by atoms with Crippen LogP contribution in [-0.2, 0) is 0 Å². The largest absolute Gasteiger partial charge is 0.397 e. The highest BCUT2D eigenvalue weighted by atomic mass is 35.5. The maximum Gasteiger partial charge on any atom is 0.0635 e. The summed E-state index contributed by atoms with van der Waals surface area (Å²) >= 11 is 12.0. The number of nitrogens with zero attached hydrogens (tertiary/aromatic N) is 1. The molecule has 100 valence electrons. The van der Waals surface area contributed by atoms with Gasteiger partial charge < -0.3 is 15.7 Å². The molecule has 1 heterocycles. The molecule has 0 radical (unpaired) electrons. The van der Waals surface area contributed by atoms with Gasteiger partial charge in [-0.2, -0.15) is 0 Å². The fourth-order valence-electron chi connectivity index (χ4n) is 2.48. The first kappa shape index (κ1) is 13.8. The van der Waals surface area contributed by atoms with Crippen LogP contribution in [0.25, 0.3) is 0 Å². The number of aliphatic hydroxyl groups excluding tert-OH is 1. The zero-order chi connectivity index (χ0) is 13.1. The molecule has 0 bridgehead atoms. The van der Waals surface area contributed by atoms with Crippen molar-refractivity contribution < 1.29 is 5.11 Å². The van der Waals surface area contributed by atoms with E-state index < -0.39 is 0 Å². The lowest BCUT2D eigenvalue weighted by molar-refractivity contribution is 0.255. The minimum absolute atomic E-state index is 0.118. The summed E-state index contributed by atoms with van der Waals surface area (Å²) in [4.78, 5) is 2.16. The number of nitrogen functional groups attached to an aromatic ring is 1. The van der Waals surface area contributed by atoms with Gasteiger partial charge in [-0.3, -0.25) is 0 Å².